The van der Waals surface area contributed by atoms with Crippen LogP contribution in [0.3, 0.4) is 0 Å². The molecule has 0 aliphatic rings. The summed E-state index contributed by atoms with van der Waals surface area (Å²) in [6.45, 7) is 1.81. The third-order valence-corrected chi connectivity index (χ3v) is 3.44. The maximum atomic E-state index is 9.73. The number of hydrogen-bond donors (Lipinski definition) is 1. The number of rotatable bonds is 2. The Morgan fingerprint density at radius 3 is 2.38 bits per heavy atom. The second kappa shape index (κ2) is 5.39. The van der Waals surface area contributed by atoms with Gasteiger partial charge in [0.1, 0.15) is 5.75 Å². The Labute approximate surface area is 130 Å². The van der Waals surface area contributed by atoms with E-state index < -0.39 is 0 Å². The first-order valence-corrected chi connectivity index (χ1v) is 6.89. The zero-order chi connectivity index (χ0) is 15.0. The van der Waals surface area contributed by atoms with Crippen LogP contribution in [0.25, 0.3) is 22.8 Å². The summed E-state index contributed by atoms with van der Waals surface area (Å²) in [5.74, 6) is 0.879. The zero-order valence-electron chi connectivity index (χ0n) is 11.0. The number of benzene rings is 2. The monoisotopic (exact) mass is 320 g/mol. The van der Waals surface area contributed by atoms with Crippen LogP contribution in [0.4, 0.5) is 0 Å². The smallest absolute Gasteiger partial charge is 0.258 e. The Morgan fingerprint density at radius 1 is 1.00 bits per heavy atom. The van der Waals surface area contributed by atoms with Crippen LogP contribution >= 0.6 is 23.2 Å². The highest BCUT2D eigenvalue weighted by atomic mass is 35.5. The molecule has 2 aromatic carbocycles. The molecule has 0 spiro atoms. The molecule has 4 nitrogen and oxygen atoms in total. The van der Waals surface area contributed by atoms with Crippen LogP contribution < -0.4 is 0 Å². The summed E-state index contributed by atoms with van der Waals surface area (Å²) in [5.41, 5.74) is 2.09. The number of aromatic nitrogens is 2. The minimum Gasteiger partial charge on any atom is -0.508 e. The molecule has 3 rings (SSSR count). The van der Waals surface area contributed by atoms with Crippen LogP contribution in [0.15, 0.2) is 40.9 Å². The Bertz CT molecular complexity index is 795. The number of halogens is 2. The van der Waals surface area contributed by atoms with E-state index in [4.69, 9.17) is 27.7 Å². The van der Waals surface area contributed by atoms with Crippen molar-refractivity contribution in [3.8, 4) is 28.6 Å². The summed E-state index contributed by atoms with van der Waals surface area (Å²) in [7, 11) is 0. The molecule has 0 atom stereocenters. The lowest BCUT2D eigenvalue weighted by Gasteiger charge is -1.99. The fourth-order valence-corrected chi connectivity index (χ4v) is 2.41. The van der Waals surface area contributed by atoms with Gasteiger partial charge in [-0.25, -0.2) is 0 Å². The van der Waals surface area contributed by atoms with Gasteiger partial charge in [-0.15, -0.1) is 0 Å². The van der Waals surface area contributed by atoms with E-state index >= 15 is 0 Å². The second-order valence-electron chi connectivity index (χ2n) is 4.58. The van der Waals surface area contributed by atoms with Crippen molar-refractivity contribution in [2.45, 2.75) is 6.92 Å². The number of aryl methyl sites for hydroxylation is 1. The van der Waals surface area contributed by atoms with Gasteiger partial charge < -0.3 is 9.63 Å². The van der Waals surface area contributed by atoms with E-state index in [2.05, 4.69) is 10.1 Å². The molecular formula is C15H10Cl2N2O2. The van der Waals surface area contributed by atoms with Gasteiger partial charge in [0, 0.05) is 21.2 Å². The van der Waals surface area contributed by atoms with E-state index in [0.717, 1.165) is 5.56 Å². The van der Waals surface area contributed by atoms with Crippen molar-refractivity contribution in [2.75, 3.05) is 0 Å². The summed E-state index contributed by atoms with van der Waals surface area (Å²) in [6.07, 6.45) is 0. The summed E-state index contributed by atoms with van der Waals surface area (Å²) in [4.78, 5) is 4.30. The van der Waals surface area contributed by atoms with Crippen molar-refractivity contribution in [1.82, 2.24) is 10.1 Å². The Morgan fingerprint density at radius 2 is 1.71 bits per heavy atom. The average molecular weight is 321 g/mol. The SMILES string of the molecule is Cc1ccc(-c2nc(-c3cc(Cl)cc(Cl)c3)no2)cc1O. The maximum absolute atomic E-state index is 9.73. The molecule has 106 valence electrons. The third kappa shape index (κ3) is 2.86. The van der Waals surface area contributed by atoms with Gasteiger partial charge in [0.15, 0.2) is 0 Å². The van der Waals surface area contributed by atoms with Crippen molar-refractivity contribution in [3.63, 3.8) is 0 Å². The molecule has 1 heterocycles. The number of nitrogens with zero attached hydrogens (tertiary/aromatic N) is 2. The minimum atomic E-state index is 0.179. The first-order valence-electron chi connectivity index (χ1n) is 6.13. The van der Waals surface area contributed by atoms with E-state index in [9.17, 15) is 5.11 Å². The highest BCUT2D eigenvalue weighted by molar-refractivity contribution is 6.35. The Balaban J connectivity index is 2.01. The Hall–Kier alpha value is -2.04. The van der Waals surface area contributed by atoms with Gasteiger partial charge in [-0.1, -0.05) is 34.4 Å². The first kappa shape index (κ1) is 13.9. The van der Waals surface area contributed by atoms with Crippen molar-refractivity contribution in [3.05, 3.63) is 52.0 Å². The van der Waals surface area contributed by atoms with Crippen LogP contribution in [0.5, 0.6) is 5.75 Å². The molecule has 0 saturated heterocycles. The maximum Gasteiger partial charge on any atom is 0.258 e. The molecule has 6 heteroatoms. The highest BCUT2D eigenvalue weighted by Crippen LogP contribution is 2.29. The van der Waals surface area contributed by atoms with Crippen LogP contribution in [0, 0.1) is 6.92 Å². The summed E-state index contributed by atoms with van der Waals surface area (Å²) >= 11 is 11.9. The second-order valence-corrected chi connectivity index (χ2v) is 5.46. The molecule has 0 fully saturated rings. The molecule has 0 aliphatic carbocycles. The van der Waals surface area contributed by atoms with Crippen molar-refractivity contribution in [2.24, 2.45) is 0 Å². The van der Waals surface area contributed by atoms with E-state index in [-0.39, 0.29) is 5.75 Å². The molecule has 0 amide bonds. The van der Waals surface area contributed by atoms with Gasteiger partial charge in [0.25, 0.3) is 5.89 Å². The van der Waals surface area contributed by atoms with E-state index in [1.807, 2.05) is 6.92 Å². The molecule has 3 aromatic rings. The first-order chi connectivity index (χ1) is 10.0. The lowest BCUT2D eigenvalue weighted by atomic mass is 10.1. The molecule has 0 bridgehead atoms. The van der Waals surface area contributed by atoms with Crippen molar-refractivity contribution < 1.29 is 9.63 Å². The van der Waals surface area contributed by atoms with Gasteiger partial charge in [-0.05, 0) is 42.8 Å². The van der Waals surface area contributed by atoms with Gasteiger partial charge in [0.2, 0.25) is 5.82 Å². The quantitative estimate of drug-likeness (QED) is 0.741. The molecule has 21 heavy (non-hydrogen) atoms. The van der Waals surface area contributed by atoms with Gasteiger partial charge in [-0.2, -0.15) is 4.98 Å². The molecular weight excluding hydrogens is 311 g/mol. The Kier molecular flexibility index (Phi) is 3.57. The fourth-order valence-electron chi connectivity index (χ4n) is 1.88. The standard InChI is InChI=1S/C15H10Cl2N2O2/c1-8-2-3-9(6-13(8)20)15-18-14(19-21-15)10-4-11(16)7-12(17)5-10/h2-7,20H,1H3. The number of hydrogen-bond acceptors (Lipinski definition) is 4. The van der Waals surface area contributed by atoms with Crippen LogP contribution in [0.2, 0.25) is 10.0 Å². The lowest BCUT2D eigenvalue weighted by Crippen LogP contribution is -1.83. The van der Waals surface area contributed by atoms with Crippen LogP contribution in [-0.4, -0.2) is 15.2 Å². The third-order valence-electron chi connectivity index (χ3n) is 3.00. The largest absolute Gasteiger partial charge is 0.508 e. The fraction of sp³-hybridized carbons (Fsp3) is 0.0667. The van der Waals surface area contributed by atoms with E-state index in [1.54, 1.807) is 36.4 Å². The van der Waals surface area contributed by atoms with Gasteiger partial charge in [0.05, 0.1) is 0 Å². The molecule has 1 N–H and O–H groups in total. The van der Waals surface area contributed by atoms with Crippen molar-refractivity contribution >= 4 is 23.2 Å². The normalized spacial score (nSPS) is 10.8. The molecule has 0 radical (unpaired) electrons. The molecule has 0 saturated carbocycles. The van der Waals surface area contributed by atoms with E-state index in [1.165, 1.54) is 0 Å². The highest BCUT2D eigenvalue weighted by Gasteiger charge is 2.12. The van der Waals surface area contributed by atoms with Gasteiger partial charge >= 0.3 is 0 Å². The average Bonchev–Trinajstić information content (AvgIpc) is 2.90. The van der Waals surface area contributed by atoms with Gasteiger partial charge in [-0.3, -0.25) is 0 Å². The number of phenols is 1. The topological polar surface area (TPSA) is 59.2 Å². The minimum absolute atomic E-state index is 0.179. The molecule has 0 unspecified atom stereocenters. The molecule has 1 aromatic heterocycles. The number of phenolic OH excluding ortho intramolecular Hbond substituents is 1. The summed E-state index contributed by atoms with van der Waals surface area (Å²) in [6, 6.07) is 10.2. The lowest BCUT2D eigenvalue weighted by molar-refractivity contribution is 0.431. The predicted molar refractivity (Wildman–Crippen MR) is 81.6 cm³/mol. The zero-order valence-corrected chi connectivity index (χ0v) is 12.5. The number of aromatic hydroxyl groups is 1. The van der Waals surface area contributed by atoms with Crippen molar-refractivity contribution in [1.29, 1.82) is 0 Å². The molecule has 0 aliphatic heterocycles. The van der Waals surface area contributed by atoms with Crippen LogP contribution in [0.1, 0.15) is 5.56 Å². The summed E-state index contributed by atoms with van der Waals surface area (Å²) in [5, 5.41) is 14.6. The predicted octanol–water partition coefficient (Wildman–Crippen LogP) is 4.72. The van der Waals surface area contributed by atoms with Crippen LogP contribution in [-0.2, 0) is 0 Å². The van der Waals surface area contributed by atoms with E-state index in [0.29, 0.717) is 32.9 Å². The summed E-state index contributed by atoms with van der Waals surface area (Å²) < 4.78 is 5.22.